The van der Waals surface area contributed by atoms with Crippen molar-refractivity contribution < 1.29 is 0 Å². The molecule has 108 valence electrons. The first-order valence-electron chi connectivity index (χ1n) is 6.82. The summed E-state index contributed by atoms with van der Waals surface area (Å²) in [6.45, 7) is 0.755. The van der Waals surface area contributed by atoms with Crippen LogP contribution in [0.25, 0.3) is 10.6 Å². The van der Waals surface area contributed by atoms with Crippen LogP contribution in [0.4, 0.5) is 11.4 Å². The maximum atomic E-state index is 4.35. The van der Waals surface area contributed by atoms with E-state index in [1.165, 1.54) is 16.1 Å². The van der Waals surface area contributed by atoms with Crippen LogP contribution in [0.3, 0.4) is 0 Å². The van der Waals surface area contributed by atoms with Crippen molar-refractivity contribution in [1.29, 1.82) is 0 Å². The Kier molecular flexibility index (Phi) is 3.92. The number of H-pyrrole nitrogens is 1. The van der Waals surface area contributed by atoms with Crippen LogP contribution >= 0.6 is 11.3 Å². The summed E-state index contributed by atoms with van der Waals surface area (Å²) in [6, 6.07) is 12.6. The highest BCUT2D eigenvalue weighted by molar-refractivity contribution is 7.13. The van der Waals surface area contributed by atoms with Crippen molar-refractivity contribution >= 4 is 22.7 Å². The van der Waals surface area contributed by atoms with Gasteiger partial charge in [0.05, 0.1) is 4.88 Å². The van der Waals surface area contributed by atoms with Gasteiger partial charge < -0.3 is 10.2 Å². The molecule has 3 aromatic rings. The summed E-state index contributed by atoms with van der Waals surface area (Å²) in [5.41, 5.74) is 4.51. The predicted molar refractivity (Wildman–Crippen MR) is 90.0 cm³/mol. The highest BCUT2D eigenvalue weighted by Crippen LogP contribution is 2.26. The molecule has 0 unspecified atom stereocenters. The van der Waals surface area contributed by atoms with Crippen molar-refractivity contribution in [2.45, 2.75) is 6.54 Å². The van der Waals surface area contributed by atoms with Gasteiger partial charge in [0.25, 0.3) is 0 Å². The highest BCUT2D eigenvalue weighted by atomic mass is 32.1. The molecular weight excluding hydrogens is 280 g/mol. The molecule has 0 saturated heterocycles. The van der Waals surface area contributed by atoms with Crippen LogP contribution in [0.2, 0.25) is 0 Å². The summed E-state index contributed by atoms with van der Waals surface area (Å²) < 4.78 is 0. The maximum absolute atomic E-state index is 4.35. The van der Waals surface area contributed by atoms with Crippen LogP contribution in [-0.2, 0) is 6.54 Å². The number of anilines is 2. The van der Waals surface area contributed by atoms with E-state index in [0.29, 0.717) is 0 Å². The van der Waals surface area contributed by atoms with Crippen molar-refractivity contribution in [2.24, 2.45) is 0 Å². The van der Waals surface area contributed by atoms with E-state index in [2.05, 4.69) is 56.1 Å². The third kappa shape index (κ3) is 3.08. The Morgan fingerprint density at radius 1 is 1.19 bits per heavy atom. The SMILES string of the molecule is CN(C)c1ccc(NCc2c[nH]nc2-c2cccs2)cc1. The number of nitrogens with zero attached hydrogens (tertiary/aromatic N) is 2. The zero-order valence-corrected chi connectivity index (χ0v) is 12.9. The molecule has 2 heterocycles. The molecule has 0 aliphatic rings. The molecule has 0 aliphatic heterocycles. The van der Waals surface area contributed by atoms with Gasteiger partial charge in [-0.1, -0.05) is 6.07 Å². The van der Waals surface area contributed by atoms with Gasteiger partial charge in [0.2, 0.25) is 0 Å². The summed E-state index contributed by atoms with van der Waals surface area (Å²) in [5.74, 6) is 0. The molecule has 0 fully saturated rings. The Morgan fingerprint density at radius 3 is 2.67 bits per heavy atom. The van der Waals surface area contributed by atoms with E-state index in [4.69, 9.17) is 0 Å². The van der Waals surface area contributed by atoms with Crippen LogP contribution < -0.4 is 10.2 Å². The van der Waals surface area contributed by atoms with Crippen molar-refractivity contribution in [3.05, 3.63) is 53.5 Å². The third-order valence-electron chi connectivity index (χ3n) is 3.34. The van der Waals surface area contributed by atoms with Gasteiger partial charge in [-0.2, -0.15) is 5.10 Å². The first-order valence-corrected chi connectivity index (χ1v) is 7.70. The second kappa shape index (κ2) is 6.01. The number of nitrogens with one attached hydrogen (secondary N) is 2. The normalized spacial score (nSPS) is 10.6. The third-order valence-corrected chi connectivity index (χ3v) is 4.22. The summed E-state index contributed by atoms with van der Waals surface area (Å²) in [7, 11) is 4.09. The minimum atomic E-state index is 0.755. The van der Waals surface area contributed by atoms with Crippen molar-refractivity contribution in [1.82, 2.24) is 10.2 Å². The number of hydrogen-bond acceptors (Lipinski definition) is 4. The fourth-order valence-electron chi connectivity index (χ4n) is 2.15. The second-order valence-electron chi connectivity index (χ2n) is 5.03. The zero-order chi connectivity index (χ0) is 14.7. The quantitative estimate of drug-likeness (QED) is 0.752. The van der Waals surface area contributed by atoms with E-state index >= 15 is 0 Å². The number of hydrogen-bond donors (Lipinski definition) is 2. The Labute approximate surface area is 128 Å². The van der Waals surface area contributed by atoms with E-state index in [0.717, 1.165) is 17.9 Å². The lowest BCUT2D eigenvalue weighted by molar-refractivity contribution is 1.10. The van der Waals surface area contributed by atoms with E-state index in [9.17, 15) is 0 Å². The average molecular weight is 298 g/mol. The van der Waals surface area contributed by atoms with Crippen LogP contribution in [0.1, 0.15) is 5.56 Å². The standard InChI is InChI=1S/C16H18N4S/c1-20(2)14-7-5-13(6-8-14)17-10-12-11-18-19-16(12)15-4-3-9-21-15/h3-9,11,17H,10H2,1-2H3,(H,18,19). The molecule has 0 atom stereocenters. The second-order valence-corrected chi connectivity index (χ2v) is 5.98. The molecule has 4 nitrogen and oxygen atoms in total. The van der Waals surface area contributed by atoms with E-state index in [-0.39, 0.29) is 0 Å². The molecule has 0 spiro atoms. The monoisotopic (exact) mass is 298 g/mol. The Morgan fingerprint density at radius 2 is 2.00 bits per heavy atom. The highest BCUT2D eigenvalue weighted by Gasteiger charge is 2.09. The minimum absolute atomic E-state index is 0.755. The average Bonchev–Trinajstić information content (AvgIpc) is 3.16. The van der Waals surface area contributed by atoms with Crippen molar-refractivity contribution in [2.75, 3.05) is 24.3 Å². The number of benzene rings is 1. The van der Waals surface area contributed by atoms with Crippen molar-refractivity contribution in [3.63, 3.8) is 0 Å². The predicted octanol–water partition coefficient (Wildman–Crippen LogP) is 3.82. The van der Waals surface area contributed by atoms with Gasteiger partial charge in [0, 0.05) is 43.8 Å². The first kappa shape index (κ1) is 13.7. The largest absolute Gasteiger partial charge is 0.381 e. The smallest absolute Gasteiger partial charge is 0.107 e. The number of aromatic amines is 1. The summed E-state index contributed by atoms with van der Waals surface area (Å²) in [5, 5.41) is 12.8. The first-order chi connectivity index (χ1) is 10.2. The molecule has 21 heavy (non-hydrogen) atoms. The van der Waals surface area contributed by atoms with Gasteiger partial charge in [-0.05, 0) is 35.7 Å². The van der Waals surface area contributed by atoms with Crippen LogP contribution in [-0.4, -0.2) is 24.3 Å². The summed E-state index contributed by atoms with van der Waals surface area (Å²) in [6.07, 6.45) is 1.95. The van der Waals surface area contributed by atoms with Gasteiger partial charge in [0.1, 0.15) is 5.69 Å². The minimum Gasteiger partial charge on any atom is -0.381 e. The molecule has 2 N–H and O–H groups in total. The number of aromatic nitrogens is 2. The van der Waals surface area contributed by atoms with Gasteiger partial charge in [-0.3, -0.25) is 5.10 Å². The van der Waals surface area contributed by atoms with Crippen LogP contribution in [0.5, 0.6) is 0 Å². The molecule has 3 rings (SSSR count). The van der Waals surface area contributed by atoms with E-state index in [1.54, 1.807) is 11.3 Å². The maximum Gasteiger partial charge on any atom is 0.107 e. The van der Waals surface area contributed by atoms with Crippen LogP contribution in [0.15, 0.2) is 48.0 Å². The molecule has 0 aliphatic carbocycles. The molecule has 0 radical (unpaired) electrons. The fraction of sp³-hybridized carbons (Fsp3) is 0.188. The Hall–Kier alpha value is -2.27. The zero-order valence-electron chi connectivity index (χ0n) is 12.1. The lowest BCUT2D eigenvalue weighted by atomic mass is 10.2. The lowest BCUT2D eigenvalue weighted by Gasteiger charge is -2.13. The van der Waals surface area contributed by atoms with Crippen molar-refractivity contribution in [3.8, 4) is 10.6 Å². The van der Waals surface area contributed by atoms with Gasteiger partial charge in [-0.25, -0.2) is 0 Å². The van der Waals surface area contributed by atoms with Gasteiger partial charge >= 0.3 is 0 Å². The number of rotatable bonds is 5. The fourth-order valence-corrected chi connectivity index (χ4v) is 2.90. The molecular formula is C16H18N4S. The van der Waals surface area contributed by atoms with E-state index in [1.807, 2.05) is 26.4 Å². The lowest BCUT2D eigenvalue weighted by Crippen LogP contribution is -2.08. The summed E-state index contributed by atoms with van der Waals surface area (Å²) in [4.78, 5) is 3.28. The molecule has 0 amide bonds. The number of thiophene rings is 1. The topological polar surface area (TPSA) is 44.0 Å². The van der Waals surface area contributed by atoms with E-state index < -0.39 is 0 Å². The summed E-state index contributed by atoms with van der Waals surface area (Å²) >= 11 is 1.71. The Bertz CT molecular complexity index is 683. The molecule has 2 aromatic heterocycles. The van der Waals surface area contributed by atoms with Gasteiger partial charge in [0.15, 0.2) is 0 Å². The van der Waals surface area contributed by atoms with Gasteiger partial charge in [-0.15, -0.1) is 11.3 Å². The Balaban J connectivity index is 1.70. The molecule has 0 saturated carbocycles. The molecule has 5 heteroatoms. The molecule has 1 aromatic carbocycles. The van der Waals surface area contributed by atoms with Crippen LogP contribution in [0, 0.1) is 0 Å². The molecule has 0 bridgehead atoms.